The smallest absolute Gasteiger partial charge is 0.195 e. The Balaban J connectivity index is 1.84. The van der Waals surface area contributed by atoms with Gasteiger partial charge in [0.15, 0.2) is 4.96 Å². The molecule has 1 aromatic carbocycles. The molecule has 4 aromatic rings. The van der Waals surface area contributed by atoms with Crippen molar-refractivity contribution in [3.05, 3.63) is 47.9 Å². The van der Waals surface area contributed by atoms with E-state index in [1.807, 2.05) is 40.2 Å². The van der Waals surface area contributed by atoms with Gasteiger partial charge in [0.25, 0.3) is 0 Å². The third-order valence-electron chi connectivity index (χ3n) is 3.17. The summed E-state index contributed by atoms with van der Waals surface area (Å²) < 4.78 is 1.91. The van der Waals surface area contributed by atoms with Gasteiger partial charge in [-0.3, -0.25) is 4.40 Å². The van der Waals surface area contributed by atoms with E-state index < -0.39 is 0 Å². The van der Waals surface area contributed by atoms with Crippen molar-refractivity contribution in [2.75, 3.05) is 0 Å². The van der Waals surface area contributed by atoms with Crippen LogP contribution in [0.2, 0.25) is 0 Å². The lowest BCUT2D eigenvalue weighted by molar-refractivity contribution is 0.272. The molecule has 3 aromatic heterocycles. The summed E-state index contributed by atoms with van der Waals surface area (Å²) in [7, 11) is 0. The molecular weight excluding hydrogens is 304 g/mol. The Morgan fingerprint density at radius 2 is 2.10 bits per heavy atom. The minimum atomic E-state index is -0.0523. The van der Waals surface area contributed by atoms with Gasteiger partial charge in [0.2, 0.25) is 0 Å². The Hall–Kier alpha value is -1.96. The normalized spacial score (nSPS) is 11.5. The number of imidazole rings is 1. The molecule has 0 saturated heterocycles. The van der Waals surface area contributed by atoms with Gasteiger partial charge in [0.1, 0.15) is 16.4 Å². The average molecular weight is 314 g/mol. The van der Waals surface area contributed by atoms with Gasteiger partial charge < -0.3 is 5.11 Å². The molecule has 0 unspecified atom stereocenters. The number of rotatable bonds is 3. The van der Waals surface area contributed by atoms with Crippen molar-refractivity contribution in [1.29, 1.82) is 0 Å². The van der Waals surface area contributed by atoms with Crippen LogP contribution < -0.4 is 0 Å². The molecule has 0 saturated carbocycles. The van der Waals surface area contributed by atoms with E-state index in [-0.39, 0.29) is 6.61 Å². The first-order valence-electron chi connectivity index (χ1n) is 6.29. The monoisotopic (exact) mass is 314 g/mol. The van der Waals surface area contributed by atoms with Crippen LogP contribution in [-0.2, 0) is 6.61 Å². The fraction of sp³-hybridized carbons (Fsp3) is 0.0714. The van der Waals surface area contributed by atoms with Crippen LogP contribution in [-0.4, -0.2) is 24.5 Å². The summed E-state index contributed by atoms with van der Waals surface area (Å²) in [6.45, 7) is -0.0523. The summed E-state index contributed by atoms with van der Waals surface area (Å²) in [6.07, 6.45) is 3.47. The molecule has 0 fully saturated rings. The minimum absolute atomic E-state index is 0.0523. The van der Waals surface area contributed by atoms with Crippen LogP contribution in [0, 0.1) is 0 Å². The number of aliphatic hydroxyl groups excluding tert-OH is 1. The molecule has 0 spiro atoms. The van der Waals surface area contributed by atoms with E-state index in [0.717, 1.165) is 31.6 Å². The summed E-state index contributed by atoms with van der Waals surface area (Å²) >= 11 is 3.01. The largest absolute Gasteiger partial charge is 0.390 e. The molecule has 0 atom stereocenters. The van der Waals surface area contributed by atoms with Gasteiger partial charge in [-0.25, -0.2) is 15.0 Å². The lowest BCUT2D eigenvalue weighted by Gasteiger charge is -2.04. The Morgan fingerprint density at radius 3 is 3.00 bits per heavy atom. The zero-order valence-corrected chi connectivity index (χ0v) is 12.4. The molecule has 1 N–H and O–H groups in total. The third-order valence-corrected chi connectivity index (χ3v) is 4.97. The highest BCUT2D eigenvalue weighted by Gasteiger charge is 2.15. The van der Waals surface area contributed by atoms with E-state index in [1.54, 1.807) is 17.7 Å². The molecule has 0 aliphatic carbocycles. The Bertz CT molecular complexity index is 926. The quantitative estimate of drug-likeness (QED) is 0.589. The van der Waals surface area contributed by atoms with Crippen molar-refractivity contribution in [3.8, 4) is 0 Å². The van der Waals surface area contributed by atoms with Crippen molar-refractivity contribution in [1.82, 2.24) is 19.4 Å². The van der Waals surface area contributed by atoms with Gasteiger partial charge in [-0.15, -0.1) is 11.3 Å². The molecule has 3 heterocycles. The second kappa shape index (κ2) is 5.10. The van der Waals surface area contributed by atoms with Gasteiger partial charge in [-0.1, -0.05) is 18.2 Å². The Morgan fingerprint density at radius 1 is 1.19 bits per heavy atom. The standard InChI is InChI=1S/C14H10N4OS2/c19-7-11-13(17-14-18(11)5-6-20-14)21-12-9-3-1-2-4-10(9)15-8-16-12/h1-6,8,19H,7H2. The molecule has 0 radical (unpaired) electrons. The zero-order valence-electron chi connectivity index (χ0n) is 10.8. The van der Waals surface area contributed by atoms with Crippen LogP contribution in [0.25, 0.3) is 15.9 Å². The van der Waals surface area contributed by atoms with Gasteiger partial charge >= 0.3 is 0 Å². The number of para-hydroxylation sites is 1. The Kier molecular flexibility index (Phi) is 3.10. The number of benzene rings is 1. The molecule has 0 aliphatic rings. The van der Waals surface area contributed by atoms with Crippen LogP contribution >= 0.6 is 23.1 Å². The number of hydrogen-bond acceptors (Lipinski definition) is 6. The maximum absolute atomic E-state index is 9.61. The van der Waals surface area contributed by atoms with Gasteiger partial charge in [0.05, 0.1) is 17.8 Å². The SMILES string of the molecule is OCc1c(Sc2ncnc3ccccc23)nc2sccn12. The summed E-state index contributed by atoms with van der Waals surface area (Å²) in [6, 6.07) is 7.87. The third kappa shape index (κ3) is 2.10. The first-order valence-corrected chi connectivity index (χ1v) is 7.99. The van der Waals surface area contributed by atoms with E-state index in [4.69, 9.17) is 0 Å². The molecule has 0 aliphatic heterocycles. The molecular formula is C14H10N4OS2. The van der Waals surface area contributed by atoms with Gasteiger partial charge in [-0.05, 0) is 17.8 Å². The molecule has 7 heteroatoms. The molecule has 5 nitrogen and oxygen atoms in total. The summed E-state index contributed by atoms with van der Waals surface area (Å²) in [4.78, 5) is 14.1. The van der Waals surface area contributed by atoms with Crippen LogP contribution in [0.15, 0.2) is 52.2 Å². The maximum Gasteiger partial charge on any atom is 0.195 e. The highest BCUT2D eigenvalue weighted by molar-refractivity contribution is 7.99. The maximum atomic E-state index is 9.61. The number of hydrogen-bond donors (Lipinski definition) is 1. The lowest BCUT2D eigenvalue weighted by atomic mass is 10.2. The van der Waals surface area contributed by atoms with E-state index >= 15 is 0 Å². The van der Waals surface area contributed by atoms with Crippen molar-refractivity contribution in [3.63, 3.8) is 0 Å². The lowest BCUT2D eigenvalue weighted by Crippen LogP contribution is -1.92. The molecule has 0 amide bonds. The molecule has 4 rings (SSSR count). The second-order valence-corrected chi connectivity index (χ2v) is 6.23. The molecule has 21 heavy (non-hydrogen) atoms. The number of nitrogens with zero attached hydrogens (tertiary/aromatic N) is 4. The summed E-state index contributed by atoms with van der Waals surface area (Å²) in [5.41, 5.74) is 1.69. The van der Waals surface area contributed by atoms with Crippen molar-refractivity contribution in [2.24, 2.45) is 0 Å². The predicted octanol–water partition coefficient (Wildman–Crippen LogP) is 2.98. The van der Waals surface area contributed by atoms with E-state index in [9.17, 15) is 5.11 Å². The second-order valence-electron chi connectivity index (χ2n) is 4.38. The zero-order chi connectivity index (χ0) is 14.2. The predicted molar refractivity (Wildman–Crippen MR) is 82.7 cm³/mol. The molecule has 0 bridgehead atoms. The number of fused-ring (bicyclic) bond motifs is 2. The fourth-order valence-electron chi connectivity index (χ4n) is 2.19. The summed E-state index contributed by atoms with van der Waals surface area (Å²) in [5.74, 6) is 0. The highest BCUT2D eigenvalue weighted by Crippen LogP contribution is 2.33. The minimum Gasteiger partial charge on any atom is -0.390 e. The Labute approximate surface area is 128 Å². The number of aliphatic hydroxyl groups is 1. The first-order chi connectivity index (χ1) is 10.4. The van der Waals surface area contributed by atoms with Crippen LogP contribution in [0.4, 0.5) is 0 Å². The first kappa shape index (κ1) is 12.8. The number of aromatic nitrogens is 4. The highest BCUT2D eigenvalue weighted by atomic mass is 32.2. The molecule has 104 valence electrons. The van der Waals surface area contributed by atoms with Crippen molar-refractivity contribution < 1.29 is 5.11 Å². The number of thiazole rings is 1. The summed E-state index contributed by atoms with van der Waals surface area (Å²) in [5, 5.41) is 14.2. The fourth-order valence-corrected chi connectivity index (χ4v) is 3.96. The van der Waals surface area contributed by atoms with Crippen molar-refractivity contribution >= 4 is 39.0 Å². The van der Waals surface area contributed by atoms with E-state index in [1.165, 1.54) is 11.8 Å². The topological polar surface area (TPSA) is 63.3 Å². The average Bonchev–Trinajstić information content (AvgIpc) is 3.08. The van der Waals surface area contributed by atoms with Crippen LogP contribution in [0.5, 0.6) is 0 Å². The van der Waals surface area contributed by atoms with E-state index in [2.05, 4.69) is 15.0 Å². The van der Waals surface area contributed by atoms with Gasteiger partial charge in [0, 0.05) is 17.0 Å². The van der Waals surface area contributed by atoms with Crippen molar-refractivity contribution in [2.45, 2.75) is 16.7 Å². The van der Waals surface area contributed by atoms with E-state index in [0.29, 0.717) is 0 Å². The van der Waals surface area contributed by atoms with Crippen LogP contribution in [0.3, 0.4) is 0 Å². The van der Waals surface area contributed by atoms with Crippen LogP contribution in [0.1, 0.15) is 5.69 Å². The van der Waals surface area contributed by atoms with Gasteiger partial charge in [-0.2, -0.15) is 0 Å².